The molecule has 19 heavy (non-hydrogen) atoms. The molecule has 0 fully saturated rings. The van der Waals surface area contributed by atoms with Crippen molar-refractivity contribution in [3.63, 3.8) is 0 Å². The van der Waals surface area contributed by atoms with Crippen LogP contribution in [0.1, 0.15) is 44.7 Å². The molecular weight excluding hydrogens is 260 g/mol. The monoisotopic (exact) mass is 284 g/mol. The molecule has 0 aliphatic rings. The minimum atomic E-state index is 0. The van der Waals surface area contributed by atoms with Crippen molar-refractivity contribution in [2.75, 3.05) is 13.1 Å². The van der Waals surface area contributed by atoms with E-state index in [-0.39, 0.29) is 30.9 Å². The molecule has 1 rings (SSSR count). The van der Waals surface area contributed by atoms with Gasteiger partial charge in [-0.1, -0.05) is 50.6 Å². The first-order chi connectivity index (χ1) is 8.74. The van der Waals surface area contributed by atoms with Crippen LogP contribution in [0.25, 0.3) is 0 Å². The predicted octanol–water partition coefficient (Wildman–Crippen LogP) is 3.15. The number of rotatable bonds is 7. The zero-order valence-corrected chi connectivity index (χ0v) is 12.7. The van der Waals surface area contributed by atoms with Gasteiger partial charge in [0, 0.05) is 6.54 Å². The predicted molar refractivity (Wildman–Crippen MR) is 82.4 cm³/mol. The minimum Gasteiger partial charge on any atom is -0.335 e. The molecule has 0 spiro atoms. The van der Waals surface area contributed by atoms with E-state index in [1.807, 2.05) is 23.1 Å². The largest absolute Gasteiger partial charge is 0.335 e. The van der Waals surface area contributed by atoms with Crippen molar-refractivity contribution >= 4 is 18.3 Å². The highest BCUT2D eigenvalue weighted by Gasteiger charge is 2.21. The Hall–Kier alpha value is -1.06. The Balaban J connectivity index is 0.00000324. The molecule has 3 nitrogen and oxygen atoms in total. The number of halogens is 1. The van der Waals surface area contributed by atoms with Crippen LogP contribution in [0.3, 0.4) is 0 Å². The van der Waals surface area contributed by atoms with Crippen molar-refractivity contribution in [2.45, 2.75) is 39.2 Å². The number of carbonyl (C=O) groups excluding carboxylic acids is 1. The maximum Gasteiger partial charge on any atom is 0.236 e. The summed E-state index contributed by atoms with van der Waals surface area (Å²) in [6, 6.07) is 10.3. The van der Waals surface area contributed by atoms with Gasteiger partial charge in [-0.25, -0.2) is 0 Å². The fourth-order valence-electron chi connectivity index (χ4n) is 2.21. The molecule has 0 aliphatic heterocycles. The summed E-state index contributed by atoms with van der Waals surface area (Å²) in [7, 11) is 0. The lowest BCUT2D eigenvalue weighted by Gasteiger charge is -2.31. The maximum absolute atomic E-state index is 12.0. The van der Waals surface area contributed by atoms with Crippen LogP contribution in [0.4, 0.5) is 0 Å². The third-order valence-corrected chi connectivity index (χ3v) is 3.19. The second kappa shape index (κ2) is 9.82. The maximum atomic E-state index is 12.0. The van der Waals surface area contributed by atoms with Crippen molar-refractivity contribution < 1.29 is 4.79 Å². The van der Waals surface area contributed by atoms with Crippen molar-refractivity contribution in [3.05, 3.63) is 35.9 Å². The summed E-state index contributed by atoms with van der Waals surface area (Å²) in [5.74, 6) is 0.0409. The zero-order valence-electron chi connectivity index (χ0n) is 11.8. The molecule has 1 aromatic carbocycles. The quantitative estimate of drug-likeness (QED) is 0.836. The van der Waals surface area contributed by atoms with Gasteiger partial charge in [-0.2, -0.15) is 0 Å². The third kappa shape index (κ3) is 5.21. The first kappa shape index (κ1) is 17.9. The van der Waals surface area contributed by atoms with Gasteiger partial charge in [0.1, 0.15) is 0 Å². The molecule has 4 heteroatoms. The molecule has 1 unspecified atom stereocenters. The van der Waals surface area contributed by atoms with Crippen LogP contribution in [-0.4, -0.2) is 23.9 Å². The summed E-state index contributed by atoms with van der Waals surface area (Å²) in [4.78, 5) is 13.9. The van der Waals surface area contributed by atoms with Gasteiger partial charge in [0.25, 0.3) is 0 Å². The smallest absolute Gasteiger partial charge is 0.236 e. The molecule has 0 radical (unpaired) electrons. The molecule has 0 saturated carbocycles. The van der Waals surface area contributed by atoms with Crippen molar-refractivity contribution in [1.82, 2.24) is 4.90 Å². The van der Waals surface area contributed by atoms with Crippen LogP contribution >= 0.6 is 12.4 Å². The van der Waals surface area contributed by atoms with Crippen LogP contribution in [0.15, 0.2) is 30.3 Å². The highest BCUT2D eigenvalue weighted by molar-refractivity contribution is 5.85. The molecule has 0 heterocycles. The average molecular weight is 285 g/mol. The topological polar surface area (TPSA) is 46.3 Å². The highest BCUT2D eigenvalue weighted by atomic mass is 35.5. The van der Waals surface area contributed by atoms with Gasteiger partial charge in [0.15, 0.2) is 0 Å². The number of unbranched alkanes of at least 4 members (excludes halogenated alkanes) is 1. The number of hydrogen-bond donors (Lipinski definition) is 1. The Bertz CT molecular complexity index is 356. The van der Waals surface area contributed by atoms with E-state index < -0.39 is 0 Å². The molecule has 0 aliphatic carbocycles. The zero-order chi connectivity index (χ0) is 13.4. The summed E-state index contributed by atoms with van der Waals surface area (Å²) in [5.41, 5.74) is 6.72. The number of nitrogens with zero attached hydrogens (tertiary/aromatic N) is 1. The molecule has 1 aromatic rings. The van der Waals surface area contributed by atoms with Gasteiger partial charge in [-0.05, 0) is 18.4 Å². The van der Waals surface area contributed by atoms with Crippen LogP contribution < -0.4 is 5.73 Å². The number of amides is 1. The molecular formula is C15H25ClN2O. The Morgan fingerprint density at radius 2 is 1.89 bits per heavy atom. The Labute approximate surface area is 122 Å². The number of benzene rings is 1. The summed E-state index contributed by atoms with van der Waals surface area (Å²) in [6.45, 7) is 5.13. The van der Waals surface area contributed by atoms with Crippen molar-refractivity contribution in [2.24, 2.45) is 5.73 Å². The van der Waals surface area contributed by atoms with Crippen molar-refractivity contribution in [1.29, 1.82) is 0 Å². The molecule has 1 amide bonds. The summed E-state index contributed by atoms with van der Waals surface area (Å²) in [6.07, 6.45) is 3.02. The highest BCUT2D eigenvalue weighted by Crippen LogP contribution is 2.24. The van der Waals surface area contributed by atoms with E-state index in [4.69, 9.17) is 5.73 Å². The van der Waals surface area contributed by atoms with Gasteiger partial charge in [0.2, 0.25) is 5.91 Å². The van der Waals surface area contributed by atoms with Gasteiger partial charge in [0.05, 0.1) is 12.6 Å². The first-order valence-corrected chi connectivity index (χ1v) is 6.79. The van der Waals surface area contributed by atoms with E-state index in [2.05, 4.69) is 26.0 Å². The average Bonchev–Trinajstić information content (AvgIpc) is 2.43. The molecule has 2 N–H and O–H groups in total. The fraction of sp³-hybridized carbons (Fsp3) is 0.533. The number of carbonyl (C=O) groups is 1. The fourth-order valence-corrected chi connectivity index (χ4v) is 2.21. The lowest BCUT2D eigenvalue weighted by atomic mass is 10.0. The third-order valence-electron chi connectivity index (χ3n) is 3.19. The van der Waals surface area contributed by atoms with Crippen LogP contribution in [-0.2, 0) is 4.79 Å². The van der Waals surface area contributed by atoms with E-state index in [1.165, 1.54) is 5.56 Å². The molecule has 1 atom stereocenters. The van der Waals surface area contributed by atoms with Crippen LogP contribution in [0.2, 0.25) is 0 Å². The second-order valence-corrected chi connectivity index (χ2v) is 4.48. The minimum absolute atomic E-state index is 0. The molecule has 0 aromatic heterocycles. The summed E-state index contributed by atoms with van der Waals surface area (Å²) >= 11 is 0. The Morgan fingerprint density at radius 1 is 1.26 bits per heavy atom. The van der Waals surface area contributed by atoms with Gasteiger partial charge >= 0.3 is 0 Å². The van der Waals surface area contributed by atoms with Crippen molar-refractivity contribution in [3.8, 4) is 0 Å². The van der Waals surface area contributed by atoms with Gasteiger partial charge in [-0.15, -0.1) is 12.4 Å². The first-order valence-electron chi connectivity index (χ1n) is 6.79. The van der Waals surface area contributed by atoms with Gasteiger partial charge in [-0.3, -0.25) is 4.79 Å². The van der Waals surface area contributed by atoms with E-state index in [0.29, 0.717) is 0 Å². The van der Waals surface area contributed by atoms with Crippen LogP contribution in [0.5, 0.6) is 0 Å². The van der Waals surface area contributed by atoms with Crippen LogP contribution in [0, 0.1) is 0 Å². The lowest BCUT2D eigenvalue weighted by molar-refractivity contribution is -0.132. The normalized spacial score (nSPS) is 11.5. The van der Waals surface area contributed by atoms with E-state index in [1.54, 1.807) is 0 Å². The summed E-state index contributed by atoms with van der Waals surface area (Å²) in [5, 5.41) is 0. The Morgan fingerprint density at radius 3 is 2.37 bits per heavy atom. The number of hydrogen-bond acceptors (Lipinski definition) is 2. The summed E-state index contributed by atoms with van der Waals surface area (Å²) < 4.78 is 0. The number of nitrogens with two attached hydrogens (primary N) is 1. The van der Waals surface area contributed by atoms with E-state index in [9.17, 15) is 4.79 Å². The lowest BCUT2D eigenvalue weighted by Crippen LogP contribution is -2.39. The standard InChI is InChI=1S/C15H24N2O.ClH/c1-3-5-11-17(15(18)12-16)14(4-2)13-9-7-6-8-10-13;/h6-10,14H,3-5,11-12,16H2,1-2H3;1H. The SMILES string of the molecule is CCCCN(C(=O)CN)C(CC)c1ccccc1.Cl. The van der Waals surface area contributed by atoms with Gasteiger partial charge < -0.3 is 10.6 Å². The second-order valence-electron chi connectivity index (χ2n) is 4.48. The van der Waals surface area contributed by atoms with E-state index in [0.717, 1.165) is 25.8 Å². The molecule has 108 valence electrons. The Kier molecular flexibility index (Phi) is 9.27. The molecule has 0 saturated heterocycles. The van der Waals surface area contributed by atoms with E-state index >= 15 is 0 Å². The molecule has 0 bridgehead atoms.